The minimum atomic E-state index is -0.388. The smallest absolute Gasteiger partial charge is 0.232 e. The Kier molecular flexibility index (Phi) is 5.96. The number of ether oxygens (including phenoxy) is 3. The number of hydrogen-bond donors (Lipinski definition) is 0. The molecule has 0 radical (unpaired) electrons. The van der Waals surface area contributed by atoms with E-state index in [1.54, 1.807) is 32.3 Å². The first-order valence-electron chi connectivity index (χ1n) is 10.9. The quantitative estimate of drug-likeness (QED) is 0.671. The number of aryl methyl sites for hydroxylation is 1. The highest BCUT2D eigenvalue weighted by Gasteiger charge is 2.41. The Morgan fingerprint density at radius 2 is 1.59 bits per heavy atom. The van der Waals surface area contributed by atoms with Gasteiger partial charge in [0.1, 0.15) is 5.75 Å². The highest BCUT2D eigenvalue weighted by atomic mass is 16.5. The molecule has 1 heterocycles. The van der Waals surface area contributed by atoms with Crippen molar-refractivity contribution in [2.75, 3.05) is 26.2 Å². The van der Waals surface area contributed by atoms with Crippen LogP contribution in [0.1, 0.15) is 48.3 Å². The van der Waals surface area contributed by atoms with Crippen molar-refractivity contribution in [1.82, 2.24) is 0 Å². The molecule has 0 N–H and O–H groups in total. The molecule has 1 unspecified atom stereocenters. The van der Waals surface area contributed by atoms with Crippen LogP contribution in [0.25, 0.3) is 0 Å². The lowest BCUT2D eigenvalue weighted by atomic mass is 9.76. The summed E-state index contributed by atoms with van der Waals surface area (Å²) in [6, 6.07) is 9.53. The van der Waals surface area contributed by atoms with Crippen molar-refractivity contribution in [3.05, 3.63) is 58.3 Å². The van der Waals surface area contributed by atoms with Crippen LogP contribution in [0.15, 0.2) is 41.6 Å². The molecule has 1 aliphatic heterocycles. The highest BCUT2D eigenvalue weighted by molar-refractivity contribution is 6.08. The molecular weight excluding hydrogens is 406 g/mol. The van der Waals surface area contributed by atoms with E-state index in [0.717, 1.165) is 34.5 Å². The third-order valence-electron chi connectivity index (χ3n) is 6.60. The third kappa shape index (κ3) is 3.53. The summed E-state index contributed by atoms with van der Waals surface area (Å²) in [4.78, 5) is 28.6. The number of ketones is 1. The molecular formula is C26H29NO5. The summed E-state index contributed by atoms with van der Waals surface area (Å²) in [5, 5.41) is 0. The summed E-state index contributed by atoms with van der Waals surface area (Å²) < 4.78 is 16.6. The van der Waals surface area contributed by atoms with E-state index in [1.165, 1.54) is 0 Å². The van der Waals surface area contributed by atoms with Crippen LogP contribution in [0.3, 0.4) is 0 Å². The van der Waals surface area contributed by atoms with E-state index in [9.17, 15) is 9.59 Å². The number of Topliss-reactive ketones (excluding diaryl/α,β-unsaturated/α-hetero) is 1. The number of amides is 1. The van der Waals surface area contributed by atoms with Crippen molar-refractivity contribution in [1.29, 1.82) is 0 Å². The van der Waals surface area contributed by atoms with Gasteiger partial charge in [-0.05, 0) is 49.9 Å². The van der Waals surface area contributed by atoms with Crippen LogP contribution in [0.2, 0.25) is 0 Å². The molecule has 0 bridgehead atoms. The number of anilines is 1. The van der Waals surface area contributed by atoms with Crippen molar-refractivity contribution in [2.45, 2.75) is 45.4 Å². The van der Waals surface area contributed by atoms with Gasteiger partial charge >= 0.3 is 0 Å². The monoisotopic (exact) mass is 435 g/mol. The van der Waals surface area contributed by atoms with Gasteiger partial charge in [0.25, 0.3) is 0 Å². The van der Waals surface area contributed by atoms with Gasteiger partial charge in [-0.2, -0.15) is 0 Å². The van der Waals surface area contributed by atoms with Gasteiger partial charge in [0.2, 0.25) is 5.91 Å². The molecule has 2 aliphatic rings. The lowest BCUT2D eigenvalue weighted by Crippen LogP contribution is -2.41. The first-order chi connectivity index (χ1) is 15.4. The van der Waals surface area contributed by atoms with E-state index in [2.05, 4.69) is 0 Å². The Morgan fingerprint density at radius 1 is 0.906 bits per heavy atom. The molecule has 168 valence electrons. The molecule has 0 fully saturated rings. The van der Waals surface area contributed by atoms with Crippen molar-refractivity contribution in [2.24, 2.45) is 0 Å². The first kappa shape index (κ1) is 21.9. The molecule has 4 rings (SSSR count). The zero-order valence-electron chi connectivity index (χ0n) is 19.3. The minimum absolute atomic E-state index is 0.0195. The van der Waals surface area contributed by atoms with Crippen LogP contribution < -0.4 is 19.1 Å². The van der Waals surface area contributed by atoms with E-state index in [1.807, 2.05) is 38.1 Å². The lowest BCUT2D eigenvalue weighted by Gasteiger charge is -2.39. The highest BCUT2D eigenvalue weighted by Crippen LogP contribution is 2.48. The molecule has 6 nitrogen and oxygen atoms in total. The SMILES string of the molecule is COc1cc(OC)c(C2CC(=O)N(c3cccc(C)c3C)C3=C2C(=O)CCC3)cc1OC. The van der Waals surface area contributed by atoms with Crippen LogP contribution in [-0.2, 0) is 9.59 Å². The van der Waals surface area contributed by atoms with E-state index >= 15 is 0 Å². The summed E-state index contributed by atoms with van der Waals surface area (Å²) >= 11 is 0. The Labute approximate surface area is 188 Å². The summed E-state index contributed by atoms with van der Waals surface area (Å²) in [5.74, 6) is 1.34. The molecule has 2 aromatic carbocycles. The Morgan fingerprint density at radius 3 is 2.28 bits per heavy atom. The molecule has 1 amide bonds. The minimum Gasteiger partial charge on any atom is -0.496 e. The van der Waals surface area contributed by atoms with Crippen molar-refractivity contribution in [3.8, 4) is 17.2 Å². The molecule has 0 saturated carbocycles. The van der Waals surface area contributed by atoms with Gasteiger partial charge in [-0.1, -0.05) is 12.1 Å². The van der Waals surface area contributed by atoms with E-state index in [0.29, 0.717) is 35.7 Å². The second-order valence-corrected chi connectivity index (χ2v) is 8.29. The zero-order chi connectivity index (χ0) is 23.0. The van der Waals surface area contributed by atoms with Gasteiger partial charge in [-0.15, -0.1) is 0 Å². The fourth-order valence-electron chi connectivity index (χ4n) is 4.84. The normalized spacial score (nSPS) is 18.5. The summed E-state index contributed by atoms with van der Waals surface area (Å²) in [5.41, 5.74) is 5.31. The van der Waals surface area contributed by atoms with E-state index in [-0.39, 0.29) is 24.0 Å². The number of rotatable bonds is 5. The van der Waals surface area contributed by atoms with Crippen LogP contribution in [0, 0.1) is 13.8 Å². The molecule has 0 saturated heterocycles. The second-order valence-electron chi connectivity index (χ2n) is 8.29. The number of carbonyl (C=O) groups is 2. The van der Waals surface area contributed by atoms with Crippen molar-refractivity contribution in [3.63, 3.8) is 0 Å². The predicted molar refractivity (Wildman–Crippen MR) is 123 cm³/mol. The average molecular weight is 436 g/mol. The van der Waals surface area contributed by atoms with Crippen molar-refractivity contribution >= 4 is 17.4 Å². The number of methoxy groups -OCH3 is 3. The Hall–Kier alpha value is -3.28. The van der Waals surface area contributed by atoms with Crippen LogP contribution >= 0.6 is 0 Å². The van der Waals surface area contributed by atoms with E-state index in [4.69, 9.17) is 14.2 Å². The first-order valence-corrected chi connectivity index (χ1v) is 10.9. The maximum Gasteiger partial charge on any atom is 0.232 e. The lowest BCUT2D eigenvalue weighted by molar-refractivity contribution is -0.119. The number of allylic oxidation sites excluding steroid dienone is 2. The average Bonchev–Trinajstić information content (AvgIpc) is 2.80. The third-order valence-corrected chi connectivity index (χ3v) is 6.60. The largest absolute Gasteiger partial charge is 0.496 e. The summed E-state index contributed by atoms with van der Waals surface area (Å²) in [6.45, 7) is 4.05. The fourth-order valence-corrected chi connectivity index (χ4v) is 4.84. The molecule has 0 spiro atoms. The zero-order valence-corrected chi connectivity index (χ0v) is 19.3. The standard InChI is InChI=1S/C26H29NO5/c1-15-8-6-9-19(16(15)2)27-20-10-7-11-21(28)26(20)18(13-25(27)29)17-12-23(31-4)24(32-5)14-22(17)30-3/h6,8-9,12,14,18H,7,10-11,13H2,1-5H3. The van der Waals surface area contributed by atoms with Crippen LogP contribution in [0.5, 0.6) is 17.2 Å². The topological polar surface area (TPSA) is 65.1 Å². The van der Waals surface area contributed by atoms with Gasteiger partial charge in [0.15, 0.2) is 17.3 Å². The molecule has 0 aromatic heterocycles. The molecule has 32 heavy (non-hydrogen) atoms. The number of benzene rings is 2. The molecule has 2 aromatic rings. The maximum atomic E-state index is 13.6. The number of hydrogen-bond acceptors (Lipinski definition) is 5. The van der Waals surface area contributed by atoms with Gasteiger partial charge in [-0.25, -0.2) is 0 Å². The van der Waals surface area contributed by atoms with Gasteiger partial charge in [0.05, 0.1) is 27.0 Å². The summed E-state index contributed by atoms with van der Waals surface area (Å²) in [7, 11) is 4.71. The Balaban J connectivity index is 1.92. The Bertz CT molecular complexity index is 1120. The van der Waals surface area contributed by atoms with Gasteiger partial charge in [0, 0.05) is 41.7 Å². The van der Waals surface area contributed by atoms with Gasteiger partial charge < -0.3 is 14.2 Å². The van der Waals surface area contributed by atoms with E-state index < -0.39 is 0 Å². The molecule has 6 heteroatoms. The summed E-state index contributed by atoms with van der Waals surface area (Å²) in [6.07, 6.45) is 2.10. The van der Waals surface area contributed by atoms with Crippen LogP contribution in [0.4, 0.5) is 5.69 Å². The fraction of sp³-hybridized carbons (Fsp3) is 0.385. The second kappa shape index (κ2) is 8.69. The predicted octanol–water partition coefficient (Wildman–Crippen LogP) is 4.86. The van der Waals surface area contributed by atoms with Crippen molar-refractivity contribution < 1.29 is 23.8 Å². The van der Waals surface area contributed by atoms with Gasteiger partial charge in [-0.3, -0.25) is 14.5 Å². The molecule has 1 aliphatic carbocycles. The number of carbonyl (C=O) groups excluding carboxylic acids is 2. The van der Waals surface area contributed by atoms with Crippen LogP contribution in [-0.4, -0.2) is 33.0 Å². The maximum absolute atomic E-state index is 13.6. The molecule has 1 atom stereocenters. The number of nitrogens with zero attached hydrogens (tertiary/aromatic N) is 1.